The predicted octanol–water partition coefficient (Wildman–Crippen LogP) is 0.893. The Balaban J connectivity index is 1.89. The van der Waals surface area contributed by atoms with E-state index in [1.807, 2.05) is 0 Å². The summed E-state index contributed by atoms with van der Waals surface area (Å²) in [6.45, 7) is 4.66. The van der Waals surface area contributed by atoms with Crippen molar-refractivity contribution in [2.24, 2.45) is 0 Å². The number of rotatable bonds is 8. The van der Waals surface area contributed by atoms with Gasteiger partial charge in [0.15, 0.2) is 11.5 Å². The number of morpholine rings is 1. The third kappa shape index (κ3) is 4.88. The van der Waals surface area contributed by atoms with Gasteiger partial charge < -0.3 is 24.0 Å². The average molecular weight is 442 g/mol. The zero-order valence-electron chi connectivity index (χ0n) is 17.9. The molecule has 2 fully saturated rings. The Kier molecular flexibility index (Phi) is 7.56. The van der Waals surface area contributed by atoms with Crippen molar-refractivity contribution < 1.29 is 27.4 Å². The SMILES string of the molecule is COc1cc(S(=O)(=O)N2CCOCC2)cc(C(=O)N(C)CCN2CCCC2)c1OC. The van der Waals surface area contributed by atoms with Crippen LogP contribution >= 0.6 is 0 Å². The number of amides is 1. The van der Waals surface area contributed by atoms with E-state index in [4.69, 9.17) is 14.2 Å². The van der Waals surface area contributed by atoms with Gasteiger partial charge in [-0.1, -0.05) is 0 Å². The molecule has 2 aliphatic rings. The molecule has 168 valence electrons. The summed E-state index contributed by atoms with van der Waals surface area (Å²) in [5.74, 6) is 0.142. The lowest BCUT2D eigenvalue weighted by Crippen LogP contribution is -2.40. The molecule has 0 spiro atoms. The molecule has 0 atom stereocenters. The Labute approximate surface area is 178 Å². The van der Waals surface area contributed by atoms with Gasteiger partial charge in [0.2, 0.25) is 10.0 Å². The fourth-order valence-electron chi connectivity index (χ4n) is 3.79. The molecule has 1 aromatic rings. The van der Waals surface area contributed by atoms with E-state index in [1.54, 1.807) is 11.9 Å². The first-order valence-electron chi connectivity index (χ1n) is 10.2. The highest BCUT2D eigenvalue weighted by molar-refractivity contribution is 7.89. The summed E-state index contributed by atoms with van der Waals surface area (Å²) in [5, 5.41) is 0. The fraction of sp³-hybridized carbons (Fsp3) is 0.650. The zero-order valence-corrected chi connectivity index (χ0v) is 18.7. The number of likely N-dealkylation sites (tertiary alicyclic amines) is 1. The van der Waals surface area contributed by atoms with Crippen molar-refractivity contribution in [1.82, 2.24) is 14.1 Å². The second kappa shape index (κ2) is 9.95. The molecule has 0 radical (unpaired) electrons. The minimum atomic E-state index is -3.79. The second-order valence-corrected chi connectivity index (χ2v) is 9.44. The highest BCUT2D eigenvalue weighted by Crippen LogP contribution is 2.36. The third-order valence-corrected chi connectivity index (χ3v) is 7.46. The molecule has 2 aliphatic heterocycles. The quantitative estimate of drug-likeness (QED) is 0.592. The van der Waals surface area contributed by atoms with E-state index in [1.165, 1.54) is 43.5 Å². The third-order valence-electron chi connectivity index (χ3n) is 5.59. The van der Waals surface area contributed by atoms with Crippen molar-refractivity contribution in [3.8, 4) is 11.5 Å². The molecule has 9 nitrogen and oxygen atoms in total. The van der Waals surface area contributed by atoms with Crippen LogP contribution in [0.15, 0.2) is 17.0 Å². The number of likely N-dealkylation sites (N-methyl/N-ethyl adjacent to an activating group) is 1. The number of sulfonamides is 1. The summed E-state index contributed by atoms with van der Waals surface area (Å²) in [6, 6.07) is 2.80. The summed E-state index contributed by atoms with van der Waals surface area (Å²) in [5.41, 5.74) is 0.174. The number of methoxy groups -OCH3 is 2. The largest absolute Gasteiger partial charge is 0.493 e. The first-order chi connectivity index (χ1) is 14.4. The molecule has 3 rings (SSSR count). The summed E-state index contributed by atoms with van der Waals surface area (Å²) in [4.78, 5) is 17.1. The van der Waals surface area contributed by atoms with E-state index < -0.39 is 10.0 Å². The van der Waals surface area contributed by atoms with Gasteiger partial charge in [0.05, 0.1) is 37.9 Å². The normalized spacial score (nSPS) is 18.4. The van der Waals surface area contributed by atoms with Gasteiger partial charge >= 0.3 is 0 Å². The van der Waals surface area contributed by atoms with Crippen molar-refractivity contribution in [3.05, 3.63) is 17.7 Å². The predicted molar refractivity (Wildman–Crippen MR) is 112 cm³/mol. The molecule has 0 saturated carbocycles. The summed E-state index contributed by atoms with van der Waals surface area (Å²) in [6.07, 6.45) is 2.37. The van der Waals surface area contributed by atoms with Crippen LogP contribution in [0.25, 0.3) is 0 Å². The Hall–Kier alpha value is -1.88. The number of ether oxygens (including phenoxy) is 3. The minimum Gasteiger partial charge on any atom is -0.493 e. The van der Waals surface area contributed by atoms with Crippen LogP contribution in [-0.2, 0) is 14.8 Å². The molecule has 0 unspecified atom stereocenters. The van der Waals surface area contributed by atoms with Gasteiger partial charge in [-0.25, -0.2) is 8.42 Å². The van der Waals surface area contributed by atoms with Crippen LogP contribution in [0.5, 0.6) is 11.5 Å². The summed E-state index contributed by atoms with van der Waals surface area (Å²) in [7, 11) is 0.792. The summed E-state index contributed by atoms with van der Waals surface area (Å²) < 4.78 is 43.7. The van der Waals surface area contributed by atoms with E-state index in [0.29, 0.717) is 19.8 Å². The second-order valence-electron chi connectivity index (χ2n) is 7.50. The fourth-order valence-corrected chi connectivity index (χ4v) is 5.24. The number of benzene rings is 1. The lowest BCUT2D eigenvalue weighted by atomic mass is 10.1. The molecule has 1 amide bonds. The number of hydrogen-bond donors (Lipinski definition) is 0. The van der Waals surface area contributed by atoms with Gasteiger partial charge in [-0.3, -0.25) is 4.79 Å². The number of nitrogens with zero attached hydrogens (tertiary/aromatic N) is 3. The van der Waals surface area contributed by atoms with Gasteiger partial charge in [-0.2, -0.15) is 4.31 Å². The van der Waals surface area contributed by atoms with Crippen molar-refractivity contribution in [1.29, 1.82) is 0 Å². The molecular weight excluding hydrogens is 410 g/mol. The van der Waals surface area contributed by atoms with Gasteiger partial charge in [-0.05, 0) is 32.0 Å². The molecule has 30 heavy (non-hydrogen) atoms. The monoisotopic (exact) mass is 441 g/mol. The van der Waals surface area contributed by atoms with Crippen LogP contribution in [0, 0.1) is 0 Å². The molecule has 0 N–H and O–H groups in total. The average Bonchev–Trinajstić information content (AvgIpc) is 3.30. The molecule has 0 aliphatic carbocycles. The van der Waals surface area contributed by atoms with Crippen LogP contribution in [0.4, 0.5) is 0 Å². The molecule has 0 aromatic heterocycles. The highest BCUT2D eigenvalue weighted by Gasteiger charge is 2.30. The smallest absolute Gasteiger partial charge is 0.257 e. The Morgan fingerprint density at radius 1 is 1.10 bits per heavy atom. The van der Waals surface area contributed by atoms with E-state index in [2.05, 4.69) is 4.90 Å². The lowest BCUT2D eigenvalue weighted by molar-refractivity contribution is 0.0730. The Morgan fingerprint density at radius 2 is 1.77 bits per heavy atom. The van der Waals surface area contributed by atoms with E-state index in [-0.39, 0.29) is 41.0 Å². The van der Waals surface area contributed by atoms with Crippen LogP contribution in [-0.4, -0.2) is 102 Å². The van der Waals surface area contributed by atoms with Crippen molar-refractivity contribution in [3.63, 3.8) is 0 Å². The maximum Gasteiger partial charge on any atom is 0.257 e. The minimum absolute atomic E-state index is 0.0124. The molecule has 0 bridgehead atoms. The van der Waals surface area contributed by atoms with E-state index in [0.717, 1.165) is 19.6 Å². The number of hydrogen-bond acceptors (Lipinski definition) is 7. The standard InChI is InChI=1S/C20H31N3O6S/c1-21(8-9-22-6-4-5-7-22)20(24)17-14-16(15-18(27-2)19(17)28-3)30(25,26)23-10-12-29-13-11-23/h14-15H,4-13H2,1-3H3. The van der Waals surface area contributed by atoms with Gasteiger partial charge in [0, 0.05) is 39.3 Å². The zero-order chi connectivity index (χ0) is 21.7. The Morgan fingerprint density at radius 3 is 2.37 bits per heavy atom. The highest BCUT2D eigenvalue weighted by atomic mass is 32.2. The first-order valence-corrected chi connectivity index (χ1v) is 11.6. The number of carbonyl (C=O) groups excluding carboxylic acids is 1. The van der Waals surface area contributed by atoms with Gasteiger partial charge in [-0.15, -0.1) is 0 Å². The molecule has 2 heterocycles. The van der Waals surface area contributed by atoms with E-state index in [9.17, 15) is 13.2 Å². The summed E-state index contributed by atoms with van der Waals surface area (Å²) >= 11 is 0. The lowest BCUT2D eigenvalue weighted by Gasteiger charge is -2.27. The van der Waals surface area contributed by atoms with Crippen LogP contribution in [0.2, 0.25) is 0 Å². The van der Waals surface area contributed by atoms with Crippen molar-refractivity contribution >= 4 is 15.9 Å². The van der Waals surface area contributed by atoms with Crippen LogP contribution in [0.3, 0.4) is 0 Å². The topological polar surface area (TPSA) is 88.6 Å². The van der Waals surface area contributed by atoms with Crippen molar-refractivity contribution in [2.75, 3.05) is 73.7 Å². The van der Waals surface area contributed by atoms with Gasteiger partial charge in [0.1, 0.15) is 0 Å². The Bertz CT molecular complexity index is 848. The first kappa shape index (κ1) is 22.8. The molecular formula is C20H31N3O6S. The molecule has 1 aromatic carbocycles. The number of carbonyl (C=O) groups is 1. The van der Waals surface area contributed by atoms with Gasteiger partial charge in [0.25, 0.3) is 5.91 Å². The maximum atomic E-state index is 13.2. The van der Waals surface area contributed by atoms with Crippen LogP contribution < -0.4 is 9.47 Å². The maximum absolute atomic E-state index is 13.2. The van der Waals surface area contributed by atoms with E-state index >= 15 is 0 Å². The van der Waals surface area contributed by atoms with Crippen LogP contribution in [0.1, 0.15) is 23.2 Å². The molecule has 10 heteroatoms. The van der Waals surface area contributed by atoms with Crippen molar-refractivity contribution in [2.45, 2.75) is 17.7 Å². The molecule has 2 saturated heterocycles.